The molecule has 1 aromatic rings. The Kier molecular flexibility index (Phi) is 2.87. The molecule has 0 spiro atoms. The smallest absolute Gasteiger partial charge is 0.302 e. The van der Waals surface area contributed by atoms with Gasteiger partial charge >= 0.3 is 10.2 Å². The minimum atomic E-state index is -4.45. The Hall–Kier alpha value is -1.10. The maximum absolute atomic E-state index is 12.1. The van der Waals surface area contributed by atoms with Gasteiger partial charge in [-0.15, -0.1) is 3.89 Å². The molecule has 0 aromatic heterocycles. The third kappa shape index (κ3) is 3.42. The van der Waals surface area contributed by atoms with Gasteiger partial charge in [0.15, 0.2) is 0 Å². The van der Waals surface area contributed by atoms with Crippen LogP contribution in [0.1, 0.15) is 5.56 Å². The third-order valence-electron chi connectivity index (χ3n) is 1.61. The predicted octanol–water partition coefficient (Wildman–Crippen LogP) is 1.23. The first kappa shape index (κ1) is 9.98. The van der Waals surface area contributed by atoms with E-state index in [1.165, 1.54) is 6.07 Å². The van der Waals surface area contributed by atoms with E-state index in [0.717, 1.165) is 0 Å². The summed E-state index contributed by atoms with van der Waals surface area (Å²) in [6, 6.07) is 6.25. The van der Waals surface area contributed by atoms with Crippen LogP contribution in [-0.2, 0) is 16.6 Å². The first-order chi connectivity index (χ1) is 5.99. The summed E-state index contributed by atoms with van der Waals surface area (Å²) in [6.45, 7) is 0. The molecule has 0 aliphatic rings. The van der Waals surface area contributed by atoms with E-state index in [9.17, 15) is 17.4 Å². The van der Waals surface area contributed by atoms with Crippen LogP contribution in [0.5, 0.6) is 5.75 Å². The standard InChI is InChI=1S/C8H9FO3S/c9-13(11,12)6-5-7-3-1-2-4-8(7)10/h1-4,10H,5-6H2. The van der Waals surface area contributed by atoms with Gasteiger partial charge in [-0.1, -0.05) is 18.2 Å². The van der Waals surface area contributed by atoms with Crippen molar-refractivity contribution in [2.45, 2.75) is 6.42 Å². The Bertz CT molecular complexity index is 386. The van der Waals surface area contributed by atoms with E-state index in [1.807, 2.05) is 0 Å². The normalized spacial score (nSPS) is 11.5. The highest BCUT2D eigenvalue weighted by Gasteiger charge is 2.08. The van der Waals surface area contributed by atoms with Crippen LogP contribution in [0.15, 0.2) is 24.3 Å². The quantitative estimate of drug-likeness (QED) is 0.753. The summed E-state index contributed by atoms with van der Waals surface area (Å²) in [7, 11) is -4.45. The topological polar surface area (TPSA) is 54.4 Å². The highest BCUT2D eigenvalue weighted by Crippen LogP contribution is 2.16. The summed E-state index contributed by atoms with van der Waals surface area (Å²) in [5, 5.41) is 9.19. The van der Waals surface area contributed by atoms with Gasteiger partial charge in [0.1, 0.15) is 5.75 Å². The molecule has 0 aliphatic heterocycles. The van der Waals surface area contributed by atoms with Gasteiger partial charge in [-0.05, 0) is 18.1 Å². The van der Waals surface area contributed by atoms with Gasteiger partial charge in [0.2, 0.25) is 0 Å². The fourth-order valence-corrected chi connectivity index (χ4v) is 1.42. The Labute approximate surface area is 76.0 Å². The third-order valence-corrected chi connectivity index (χ3v) is 2.30. The van der Waals surface area contributed by atoms with E-state index < -0.39 is 16.0 Å². The average molecular weight is 204 g/mol. The Morgan fingerprint density at radius 1 is 1.31 bits per heavy atom. The van der Waals surface area contributed by atoms with E-state index in [4.69, 9.17) is 0 Å². The van der Waals surface area contributed by atoms with Crippen molar-refractivity contribution in [3.05, 3.63) is 29.8 Å². The zero-order valence-electron chi connectivity index (χ0n) is 6.77. The molecule has 0 aliphatic carbocycles. The van der Waals surface area contributed by atoms with Crippen molar-refractivity contribution in [1.82, 2.24) is 0 Å². The number of halogens is 1. The molecule has 0 heterocycles. The van der Waals surface area contributed by atoms with Crippen molar-refractivity contribution in [1.29, 1.82) is 0 Å². The van der Waals surface area contributed by atoms with Crippen LogP contribution in [0.25, 0.3) is 0 Å². The molecule has 1 rings (SSSR count). The monoisotopic (exact) mass is 204 g/mol. The van der Waals surface area contributed by atoms with Crippen LogP contribution < -0.4 is 0 Å². The summed E-state index contributed by atoms with van der Waals surface area (Å²) in [6.07, 6.45) is -0.00843. The van der Waals surface area contributed by atoms with Crippen molar-refractivity contribution >= 4 is 10.2 Å². The highest BCUT2D eigenvalue weighted by molar-refractivity contribution is 7.86. The maximum Gasteiger partial charge on any atom is 0.302 e. The molecule has 0 atom stereocenters. The van der Waals surface area contributed by atoms with Crippen molar-refractivity contribution in [2.75, 3.05) is 5.75 Å². The van der Waals surface area contributed by atoms with Crippen molar-refractivity contribution in [3.63, 3.8) is 0 Å². The number of phenols is 1. The van der Waals surface area contributed by atoms with E-state index in [-0.39, 0.29) is 12.2 Å². The van der Waals surface area contributed by atoms with E-state index >= 15 is 0 Å². The van der Waals surface area contributed by atoms with Gasteiger partial charge in [-0.3, -0.25) is 0 Å². The van der Waals surface area contributed by atoms with Crippen LogP contribution >= 0.6 is 0 Å². The fourth-order valence-electron chi connectivity index (χ4n) is 0.954. The number of hydrogen-bond acceptors (Lipinski definition) is 3. The second-order valence-electron chi connectivity index (χ2n) is 2.62. The second kappa shape index (κ2) is 3.74. The summed E-state index contributed by atoms with van der Waals surface area (Å²) in [4.78, 5) is 0. The molecule has 1 aromatic carbocycles. The number of hydrogen-bond donors (Lipinski definition) is 1. The van der Waals surface area contributed by atoms with Crippen LogP contribution in [0.4, 0.5) is 3.89 Å². The predicted molar refractivity (Wildman–Crippen MR) is 46.7 cm³/mol. The summed E-state index contributed by atoms with van der Waals surface area (Å²) < 4.78 is 32.4. The van der Waals surface area contributed by atoms with Crippen molar-refractivity contribution < 1.29 is 17.4 Å². The lowest BCUT2D eigenvalue weighted by molar-refractivity contribution is 0.468. The van der Waals surface area contributed by atoms with Gasteiger partial charge in [-0.2, -0.15) is 8.42 Å². The average Bonchev–Trinajstić information content (AvgIpc) is 2.01. The number of benzene rings is 1. The van der Waals surface area contributed by atoms with Gasteiger partial charge in [0.05, 0.1) is 5.75 Å². The lowest BCUT2D eigenvalue weighted by Gasteiger charge is -2.00. The maximum atomic E-state index is 12.1. The van der Waals surface area contributed by atoms with E-state index in [1.54, 1.807) is 18.2 Å². The van der Waals surface area contributed by atoms with Crippen LogP contribution in [-0.4, -0.2) is 19.3 Å². The molecular formula is C8H9FO3S. The minimum Gasteiger partial charge on any atom is -0.508 e. The molecule has 0 fully saturated rings. The molecule has 0 radical (unpaired) electrons. The lowest BCUT2D eigenvalue weighted by Crippen LogP contribution is -2.01. The minimum absolute atomic E-state index is 0.00819. The SMILES string of the molecule is O=S(=O)(F)CCc1ccccc1O. The van der Waals surface area contributed by atoms with E-state index in [0.29, 0.717) is 5.56 Å². The summed E-state index contributed by atoms with van der Waals surface area (Å²) in [5.41, 5.74) is 0.434. The van der Waals surface area contributed by atoms with E-state index in [2.05, 4.69) is 0 Å². The molecule has 72 valence electrons. The highest BCUT2D eigenvalue weighted by atomic mass is 32.3. The lowest BCUT2D eigenvalue weighted by atomic mass is 10.1. The molecule has 3 nitrogen and oxygen atoms in total. The van der Waals surface area contributed by atoms with Crippen molar-refractivity contribution in [2.24, 2.45) is 0 Å². The molecule has 0 bridgehead atoms. The Morgan fingerprint density at radius 2 is 1.92 bits per heavy atom. The molecule has 0 amide bonds. The molecular weight excluding hydrogens is 195 g/mol. The summed E-state index contributed by atoms with van der Waals surface area (Å²) in [5.74, 6) is -0.601. The number of aryl methyl sites for hydroxylation is 1. The zero-order chi connectivity index (χ0) is 9.90. The second-order valence-corrected chi connectivity index (χ2v) is 4.11. The molecule has 1 N–H and O–H groups in total. The van der Waals surface area contributed by atoms with Gasteiger partial charge in [0, 0.05) is 0 Å². The fraction of sp³-hybridized carbons (Fsp3) is 0.250. The van der Waals surface area contributed by atoms with Gasteiger partial charge in [-0.25, -0.2) is 0 Å². The number of para-hydroxylation sites is 1. The van der Waals surface area contributed by atoms with Gasteiger partial charge in [0.25, 0.3) is 0 Å². The molecule has 13 heavy (non-hydrogen) atoms. The number of phenolic OH excluding ortho intramolecular Hbond substituents is 1. The molecule has 0 saturated carbocycles. The largest absolute Gasteiger partial charge is 0.508 e. The molecule has 0 unspecified atom stereocenters. The van der Waals surface area contributed by atoms with Crippen molar-refractivity contribution in [3.8, 4) is 5.75 Å². The first-order valence-corrected chi connectivity index (χ1v) is 5.23. The van der Waals surface area contributed by atoms with Gasteiger partial charge < -0.3 is 5.11 Å². The number of aromatic hydroxyl groups is 1. The van der Waals surface area contributed by atoms with Crippen LogP contribution in [0, 0.1) is 0 Å². The Morgan fingerprint density at radius 3 is 2.46 bits per heavy atom. The molecule has 0 saturated heterocycles. The van der Waals surface area contributed by atoms with Crippen LogP contribution in [0.2, 0.25) is 0 Å². The zero-order valence-corrected chi connectivity index (χ0v) is 7.59. The Balaban J connectivity index is 2.71. The number of rotatable bonds is 3. The summed E-state index contributed by atoms with van der Waals surface area (Å²) >= 11 is 0. The van der Waals surface area contributed by atoms with Crippen LogP contribution in [0.3, 0.4) is 0 Å². The molecule has 5 heteroatoms. The first-order valence-electron chi connectivity index (χ1n) is 3.68.